The minimum atomic E-state index is -0.972. The second-order valence-corrected chi connectivity index (χ2v) is 8.08. The van der Waals surface area contributed by atoms with E-state index in [4.69, 9.17) is 27.4 Å². The lowest BCUT2D eigenvalue weighted by Crippen LogP contribution is -2.32. The van der Waals surface area contributed by atoms with Gasteiger partial charge in [-0.2, -0.15) is 11.8 Å². The average molecular weight is 489 g/mol. The van der Waals surface area contributed by atoms with E-state index in [2.05, 4.69) is 24.9 Å². The Bertz CT molecular complexity index is 1210. The molecule has 0 aliphatic carbocycles. The van der Waals surface area contributed by atoms with Gasteiger partial charge in [0, 0.05) is 23.5 Å². The van der Waals surface area contributed by atoms with Gasteiger partial charge in [0.1, 0.15) is 23.9 Å². The Morgan fingerprint density at radius 3 is 2.41 bits per heavy atom. The van der Waals surface area contributed by atoms with Gasteiger partial charge in [-0.1, -0.05) is 18.2 Å². The van der Waals surface area contributed by atoms with Gasteiger partial charge in [0.15, 0.2) is 11.5 Å². The van der Waals surface area contributed by atoms with Crippen LogP contribution in [0.1, 0.15) is 12.0 Å². The number of carboxylic acid groups (broad SMARTS) is 2. The number of aromatic amines is 2. The van der Waals surface area contributed by atoms with Crippen molar-refractivity contribution in [2.45, 2.75) is 24.9 Å². The quantitative estimate of drug-likeness (QED) is 0.196. The van der Waals surface area contributed by atoms with E-state index in [0.717, 1.165) is 22.2 Å². The first-order chi connectivity index (χ1) is 16.2. The number of imidazole rings is 1. The number of anilines is 1. The maximum atomic E-state index is 10.6. The summed E-state index contributed by atoms with van der Waals surface area (Å²) in [4.78, 5) is 38.2. The number of aliphatic carboxylic acids is 2. The summed E-state index contributed by atoms with van der Waals surface area (Å²) in [5.41, 5.74) is 19.4. The van der Waals surface area contributed by atoms with Crippen molar-refractivity contribution in [3.05, 3.63) is 48.7 Å². The number of benzene rings is 1. The molecule has 0 saturated carbocycles. The molecular weight excluding hydrogens is 460 g/mol. The van der Waals surface area contributed by atoms with Crippen molar-refractivity contribution in [3.8, 4) is 0 Å². The van der Waals surface area contributed by atoms with Crippen molar-refractivity contribution in [2.75, 3.05) is 17.7 Å². The van der Waals surface area contributed by atoms with Crippen molar-refractivity contribution in [2.24, 2.45) is 11.5 Å². The number of carbonyl (C=O) groups is 2. The van der Waals surface area contributed by atoms with E-state index in [1.54, 1.807) is 11.8 Å². The van der Waals surface area contributed by atoms with Crippen molar-refractivity contribution in [1.82, 2.24) is 24.9 Å². The van der Waals surface area contributed by atoms with E-state index in [-0.39, 0.29) is 0 Å². The van der Waals surface area contributed by atoms with Crippen LogP contribution in [0.15, 0.2) is 43.1 Å². The fourth-order valence-electron chi connectivity index (χ4n) is 2.78. The van der Waals surface area contributed by atoms with E-state index in [9.17, 15) is 9.59 Å². The van der Waals surface area contributed by atoms with Gasteiger partial charge in [0.2, 0.25) is 0 Å². The lowest BCUT2D eigenvalue weighted by atomic mass is 10.1. The van der Waals surface area contributed by atoms with Crippen LogP contribution >= 0.6 is 11.8 Å². The third kappa shape index (κ3) is 7.72. The maximum absolute atomic E-state index is 10.6. The topological polar surface area (TPSA) is 223 Å². The normalized spacial score (nSPS) is 12.2. The molecule has 0 saturated heterocycles. The first-order valence-electron chi connectivity index (χ1n) is 10.1. The monoisotopic (exact) mass is 488 g/mol. The van der Waals surface area contributed by atoms with Gasteiger partial charge in [0.05, 0.1) is 6.33 Å². The van der Waals surface area contributed by atoms with Crippen LogP contribution in [0.3, 0.4) is 0 Å². The Morgan fingerprint density at radius 2 is 1.76 bits per heavy atom. The van der Waals surface area contributed by atoms with Gasteiger partial charge >= 0.3 is 11.9 Å². The Kier molecular flexibility index (Phi) is 10.3. The summed E-state index contributed by atoms with van der Waals surface area (Å²) in [5, 5.41) is 18.0. The van der Waals surface area contributed by atoms with Crippen molar-refractivity contribution in [3.63, 3.8) is 0 Å². The molecule has 34 heavy (non-hydrogen) atoms. The lowest BCUT2D eigenvalue weighted by Gasteiger charge is -2.04. The lowest BCUT2D eigenvalue weighted by molar-refractivity contribution is -0.139. The molecule has 0 bridgehead atoms. The summed E-state index contributed by atoms with van der Waals surface area (Å²) in [5.74, 6) is -0.663. The van der Waals surface area contributed by atoms with Crippen LogP contribution in [0.4, 0.5) is 5.82 Å². The van der Waals surface area contributed by atoms with Gasteiger partial charge in [-0.25, -0.2) is 15.0 Å². The van der Waals surface area contributed by atoms with Crippen molar-refractivity contribution < 1.29 is 19.8 Å². The third-order valence-electron chi connectivity index (χ3n) is 4.63. The molecule has 13 heteroatoms. The minimum absolute atomic E-state index is 0.347. The molecule has 0 radical (unpaired) electrons. The number of para-hydroxylation sites is 1. The van der Waals surface area contributed by atoms with Crippen molar-refractivity contribution >= 4 is 51.6 Å². The molecule has 0 spiro atoms. The van der Waals surface area contributed by atoms with Crippen LogP contribution < -0.4 is 17.2 Å². The number of aromatic nitrogens is 5. The molecule has 0 aliphatic heterocycles. The van der Waals surface area contributed by atoms with E-state index < -0.39 is 24.0 Å². The Balaban J connectivity index is 0.000000189. The number of carboxylic acids is 2. The second kappa shape index (κ2) is 13.1. The zero-order valence-electron chi connectivity index (χ0n) is 18.5. The summed E-state index contributed by atoms with van der Waals surface area (Å²) >= 11 is 1.60. The minimum Gasteiger partial charge on any atom is -0.480 e. The number of nitrogen functional groups attached to an aromatic ring is 1. The van der Waals surface area contributed by atoms with Crippen molar-refractivity contribution in [1.29, 1.82) is 0 Å². The number of fused-ring (bicyclic) bond motifs is 2. The Hall–Kier alpha value is -3.68. The summed E-state index contributed by atoms with van der Waals surface area (Å²) in [6.07, 6.45) is 7.57. The van der Waals surface area contributed by atoms with Crippen LogP contribution in [0.2, 0.25) is 0 Å². The average Bonchev–Trinajstić information content (AvgIpc) is 3.46. The molecule has 12 nitrogen and oxygen atoms in total. The molecule has 4 rings (SSSR count). The fourth-order valence-corrected chi connectivity index (χ4v) is 3.27. The number of H-pyrrole nitrogens is 2. The molecule has 0 fully saturated rings. The largest absolute Gasteiger partial charge is 0.480 e. The smallest absolute Gasteiger partial charge is 0.320 e. The van der Waals surface area contributed by atoms with E-state index in [1.165, 1.54) is 12.7 Å². The number of nitrogens with zero attached hydrogens (tertiary/aromatic N) is 3. The predicted octanol–water partition coefficient (Wildman–Crippen LogP) is 1.21. The van der Waals surface area contributed by atoms with Crippen LogP contribution in [0, 0.1) is 0 Å². The van der Waals surface area contributed by atoms with Crippen LogP contribution in [-0.4, -0.2) is 71.2 Å². The predicted molar refractivity (Wildman–Crippen MR) is 132 cm³/mol. The van der Waals surface area contributed by atoms with E-state index in [0.29, 0.717) is 29.8 Å². The zero-order valence-corrected chi connectivity index (χ0v) is 19.3. The first kappa shape index (κ1) is 26.6. The Morgan fingerprint density at radius 1 is 1.06 bits per heavy atom. The highest BCUT2D eigenvalue weighted by Crippen LogP contribution is 2.18. The number of nitrogens with one attached hydrogen (secondary N) is 2. The second-order valence-electron chi connectivity index (χ2n) is 7.09. The Labute approximate surface area is 199 Å². The summed E-state index contributed by atoms with van der Waals surface area (Å²) in [7, 11) is 0. The van der Waals surface area contributed by atoms with Crippen LogP contribution in [-0.2, 0) is 16.0 Å². The fraction of sp³-hybridized carbons (Fsp3) is 0.286. The molecule has 182 valence electrons. The molecule has 3 aromatic heterocycles. The molecule has 10 N–H and O–H groups in total. The number of rotatable bonds is 7. The number of hydrogen-bond acceptors (Lipinski definition) is 9. The molecule has 1 aromatic carbocycles. The molecular formula is C21H28N8O4S. The van der Waals surface area contributed by atoms with Gasteiger partial charge in [-0.05, 0) is 30.1 Å². The molecule has 0 amide bonds. The zero-order chi connectivity index (χ0) is 25.1. The highest BCUT2D eigenvalue weighted by molar-refractivity contribution is 7.98. The molecule has 2 atom stereocenters. The SMILES string of the molecule is CSCCC(N)C(=O)O.NC(Cc1c[nH]c2ccccc12)C(=O)O.Nc1ncnc2[nH]cnc12. The van der Waals surface area contributed by atoms with E-state index >= 15 is 0 Å². The van der Waals surface area contributed by atoms with Gasteiger partial charge < -0.3 is 37.4 Å². The molecule has 0 aliphatic rings. The van der Waals surface area contributed by atoms with Crippen LogP contribution in [0.25, 0.3) is 22.1 Å². The van der Waals surface area contributed by atoms with Gasteiger partial charge in [0.25, 0.3) is 0 Å². The number of thioether (sulfide) groups is 1. The van der Waals surface area contributed by atoms with Crippen LogP contribution in [0.5, 0.6) is 0 Å². The molecule has 2 unspecified atom stereocenters. The first-order valence-corrected chi connectivity index (χ1v) is 11.5. The summed E-state index contributed by atoms with van der Waals surface area (Å²) in [6.45, 7) is 0. The highest BCUT2D eigenvalue weighted by Gasteiger charge is 2.14. The van der Waals surface area contributed by atoms with Gasteiger partial charge in [-0.3, -0.25) is 9.59 Å². The third-order valence-corrected chi connectivity index (χ3v) is 5.27. The maximum Gasteiger partial charge on any atom is 0.320 e. The van der Waals surface area contributed by atoms with E-state index in [1.807, 2.05) is 36.7 Å². The standard InChI is InChI=1S/C11H12N2O2.C5H5N5.C5H11NO2S/c12-9(11(14)15)5-7-6-13-10-4-2-1-3-8(7)10;6-4-3-5(9-1-7-3)10-2-8-4;1-9-3-2-4(6)5(7)8/h1-4,6,9,13H,5,12H2,(H,14,15);1-2H,(H3,6,7,8,9,10);4H,2-3,6H2,1H3,(H,7,8). The number of hydrogen-bond donors (Lipinski definition) is 7. The summed E-state index contributed by atoms with van der Waals surface area (Å²) in [6, 6.07) is 6.23. The summed E-state index contributed by atoms with van der Waals surface area (Å²) < 4.78 is 0. The molecule has 3 heterocycles. The molecule has 4 aromatic rings. The number of nitrogens with two attached hydrogens (primary N) is 3. The van der Waals surface area contributed by atoms with Gasteiger partial charge in [-0.15, -0.1) is 0 Å². The highest BCUT2D eigenvalue weighted by atomic mass is 32.2.